The lowest BCUT2D eigenvalue weighted by molar-refractivity contribution is -0.385. The second-order valence-corrected chi connectivity index (χ2v) is 21.4. The van der Waals surface area contributed by atoms with E-state index in [-0.39, 0.29) is 35.6 Å². The summed E-state index contributed by atoms with van der Waals surface area (Å²) < 4.78 is 0. The molecule has 0 fully saturated rings. The molecular weight excluding hydrogens is 1150 g/mol. The van der Waals surface area contributed by atoms with Gasteiger partial charge in [-0.2, -0.15) is 0 Å². The van der Waals surface area contributed by atoms with Crippen molar-refractivity contribution in [1.82, 2.24) is 0 Å². The average Bonchev–Trinajstić information content (AvgIpc) is 0.764. The molecule has 0 aliphatic rings. The van der Waals surface area contributed by atoms with Crippen LogP contribution in [0, 0.1) is 40.5 Å². The van der Waals surface area contributed by atoms with Crippen molar-refractivity contribution >= 4 is 45.5 Å². The van der Waals surface area contributed by atoms with Crippen LogP contribution >= 0.6 is 0 Å². The molecule has 0 spiro atoms. The van der Waals surface area contributed by atoms with Crippen LogP contribution in [0.1, 0.15) is 74.2 Å². The standard InChI is InChI=1S/C25H16N4O8.C25H24N4.C25H20.CH4/c30-26(31)21-9-1-17(2-10-21)25(18-3-11-22(12-4-18)27(32)33,19-5-13-23(14-6-19)28(34)35)20-7-15-24(16-8-20)29(36)37;26-21-9-1-17(2-10-21)25(18-3-11-22(27)12-4-18,19-5-13-23(28)14-6-19)20-7-15-24(29)16-8-20;1-5-13-21(14-6-1)25(22-15-7-2-8-16-22,23-17-9-3-10-18-23)24-19-11-4-12-20-24;/h1-16H;1-16H,26-29H2;1-20H;1H4. The highest BCUT2D eigenvalue weighted by Gasteiger charge is 2.42. The van der Waals surface area contributed by atoms with Gasteiger partial charge in [0, 0.05) is 71.3 Å². The SMILES string of the molecule is C.Nc1ccc(C(c2ccc(N)cc2)(c2ccc(N)cc2)c2ccc(N)cc2)cc1.O=[N+]([O-])c1ccc(C(c2ccc([N+](=O)[O-])cc2)(c2ccc([N+](=O)[O-])cc2)c2ccc([N+](=O)[O-])cc2)cc1.c1ccc(C(c2ccccc2)(c2ccccc2)c2ccccc2)cc1. The number of nitrogens with zero attached hydrogens (tertiary/aromatic N) is 4. The second kappa shape index (κ2) is 28.1. The van der Waals surface area contributed by atoms with Crippen LogP contribution in [0.5, 0.6) is 0 Å². The molecule has 12 aromatic carbocycles. The van der Waals surface area contributed by atoms with Gasteiger partial charge in [-0.25, -0.2) is 0 Å². The average molecular weight is 1220 g/mol. The van der Waals surface area contributed by atoms with Crippen LogP contribution in [-0.4, -0.2) is 19.7 Å². The number of benzene rings is 12. The first-order valence-electron chi connectivity index (χ1n) is 28.7. The van der Waals surface area contributed by atoms with Crippen molar-refractivity contribution in [1.29, 1.82) is 0 Å². The zero-order chi connectivity index (χ0) is 64.1. The lowest BCUT2D eigenvalue weighted by atomic mass is 9.65. The van der Waals surface area contributed by atoms with Crippen LogP contribution in [0.4, 0.5) is 45.5 Å². The maximum atomic E-state index is 11.3. The molecule has 0 aliphatic carbocycles. The van der Waals surface area contributed by atoms with Gasteiger partial charge in [0.25, 0.3) is 22.7 Å². The number of nitrogens with two attached hydrogens (primary N) is 4. The molecule has 0 bridgehead atoms. The number of hydrogen-bond acceptors (Lipinski definition) is 12. The fraction of sp³-hybridized carbons (Fsp3) is 0.0526. The Bertz CT molecular complexity index is 3850. The van der Waals surface area contributed by atoms with E-state index < -0.39 is 30.5 Å². The zero-order valence-corrected chi connectivity index (χ0v) is 48.9. The number of rotatable bonds is 16. The Morgan fingerprint density at radius 2 is 0.315 bits per heavy atom. The molecule has 12 rings (SSSR count). The quantitative estimate of drug-likeness (QED) is 0.0304. The first kappa shape index (κ1) is 63.9. The van der Waals surface area contributed by atoms with E-state index >= 15 is 0 Å². The minimum atomic E-state index is -1.30. The van der Waals surface area contributed by atoms with E-state index in [1.165, 1.54) is 119 Å². The Morgan fingerprint density at radius 1 is 0.196 bits per heavy atom. The molecule has 92 heavy (non-hydrogen) atoms. The van der Waals surface area contributed by atoms with Crippen molar-refractivity contribution < 1.29 is 19.7 Å². The molecule has 0 saturated heterocycles. The van der Waals surface area contributed by atoms with Crippen LogP contribution in [0.3, 0.4) is 0 Å². The summed E-state index contributed by atoms with van der Waals surface area (Å²) in [5.41, 5.74) is 35.4. The molecule has 0 saturated carbocycles. The van der Waals surface area contributed by atoms with Crippen molar-refractivity contribution in [3.8, 4) is 0 Å². The minimum Gasteiger partial charge on any atom is -0.399 e. The molecular formula is C76H64N8O8. The minimum absolute atomic E-state index is 0. The van der Waals surface area contributed by atoms with Crippen molar-refractivity contribution in [3.05, 3.63) is 423 Å². The maximum absolute atomic E-state index is 11.3. The Labute approximate surface area is 532 Å². The van der Waals surface area contributed by atoms with E-state index in [1.807, 2.05) is 48.5 Å². The number of hydrogen-bond donors (Lipinski definition) is 4. The molecule has 0 aliphatic heterocycles. The highest BCUT2D eigenvalue weighted by atomic mass is 16.6. The largest absolute Gasteiger partial charge is 0.399 e. The zero-order valence-electron chi connectivity index (χ0n) is 48.9. The third-order valence-electron chi connectivity index (χ3n) is 16.2. The van der Waals surface area contributed by atoms with Gasteiger partial charge in [0.2, 0.25) is 0 Å². The summed E-state index contributed by atoms with van der Waals surface area (Å²) in [5.74, 6) is 0. The van der Waals surface area contributed by atoms with Crippen molar-refractivity contribution in [3.63, 3.8) is 0 Å². The molecule has 16 nitrogen and oxygen atoms in total. The summed E-state index contributed by atoms with van der Waals surface area (Å²) in [4.78, 5) is 42.9. The van der Waals surface area contributed by atoms with E-state index in [4.69, 9.17) is 22.9 Å². The first-order chi connectivity index (χ1) is 44.1. The Kier molecular flexibility index (Phi) is 19.5. The molecule has 0 heterocycles. The molecule has 16 heteroatoms. The molecule has 8 N–H and O–H groups in total. The lowest BCUT2D eigenvalue weighted by Gasteiger charge is -2.37. The molecule has 456 valence electrons. The molecule has 0 aromatic heterocycles. The van der Waals surface area contributed by atoms with Gasteiger partial charge in [0.1, 0.15) is 0 Å². The van der Waals surface area contributed by atoms with E-state index in [1.54, 1.807) is 0 Å². The van der Waals surface area contributed by atoms with Crippen LogP contribution in [0.25, 0.3) is 0 Å². The lowest BCUT2D eigenvalue weighted by Crippen LogP contribution is -2.31. The van der Waals surface area contributed by atoms with Crippen LogP contribution in [0.15, 0.2) is 315 Å². The van der Waals surface area contributed by atoms with E-state index in [0.29, 0.717) is 22.3 Å². The highest BCUT2D eigenvalue weighted by molar-refractivity contribution is 5.66. The van der Waals surface area contributed by atoms with Crippen LogP contribution in [-0.2, 0) is 16.2 Å². The van der Waals surface area contributed by atoms with Gasteiger partial charge in [0.15, 0.2) is 0 Å². The maximum Gasteiger partial charge on any atom is 0.269 e. The van der Waals surface area contributed by atoms with Gasteiger partial charge in [0.05, 0.1) is 35.9 Å². The van der Waals surface area contributed by atoms with Gasteiger partial charge >= 0.3 is 0 Å². The third-order valence-corrected chi connectivity index (χ3v) is 16.2. The smallest absolute Gasteiger partial charge is 0.269 e. The summed E-state index contributed by atoms with van der Waals surface area (Å²) in [6.07, 6.45) is 0. The summed E-state index contributed by atoms with van der Waals surface area (Å²) in [6, 6.07) is 97.6. The highest BCUT2D eigenvalue weighted by Crippen LogP contribution is 2.49. The molecule has 0 atom stereocenters. The molecule has 12 aromatic rings. The number of anilines is 4. The fourth-order valence-corrected chi connectivity index (χ4v) is 12.0. The van der Waals surface area contributed by atoms with Crippen molar-refractivity contribution in [2.24, 2.45) is 0 Å². The number of nitro benzene ring substituents is 4. The molecule has 0 unspecified atom stereocenters. The van der Waals surface area contributed by atoms with E-state index in [0.717, 1.165) is 45.0 Å². The van der Waals surface area contributed by atoms with Crippen LogP contribution in [0.2, 0.25) is 0 Å². The van der Waals surface area contributed by atoms with Gasteiger partial charge in [-0.1, -0.05) is 226 Å². The molecule has 0 radical (unpaired) electrons. The van der Waals surface area contributed by atoms with E-state index in [2.05, 4.69) is 170 Å². The number of nitro groups is 4. The Hall–Kier alpha value is -12.6. The van der Waals surface area contributed by atoms with Crippen molar-refractivity contribution in [2.45, 2.75) is 23.7 Å². The Balaban J connectivity index is 0.000000165. The normalized spacial score (nSPS) is 11.0. The van der Waals surface area contributed by atoms with Crippen LogP contribution < -0.4 is 22.9 Å². The predicted octanol–water partition coefficient (Wildman–Crippen LogP) is 16.8. The number of non-ortho nitro benzene ring substituents is 4. The van der Waals surface area contributed by atoms with Gasteiger partial charge in [-0.15, -0.1) is 0 Å². The third kappa shape index (κ3) is 12.9. The van der Waals surface area contributed by atoms with Crippen molar-refractivity contribution in [2.75, 3.05) is 22.9 Å². The van der Waals surface area contributed by atoms with Gasteiger partial charge < -0.3 is 22.9 Å². The monoisotopic (exact) mass is 1220 g/mol. The second-order valence-electron chi connectivity index (χ2n) is 21.4. The molecule has 0 amide bonds. The first-order valence-corrected chi connectivity index (χ1v) is 28.7. The topological polar surface area (TPSA) is 277 Å². The van der Waals surface area contributed by atoms with Gasteiger partial charge in [-0.05, 0) is 115 Å². The van der Waals surface area contributed by atoms with E-state index in [9.17, 15) is 40.5 Å². The summed E-state index contributed by atoms with van der Waals surface area (Å²) in [5, 5.41) is 45.2. The summed E-state index contributed by atoms with van der Waals surface area (Å²) in [7, 11) is 0. The predicted molar refractivity (Wildman–Crippen MR) is 365 cm³/mol. The van der Waals surface area contributed by atoms with Gasteiger partial charge in [-0.3, -0.25) is 40.5 Å². The Morgan fingerprint density at radius 3 is 0.446 bits per heavy atom. The number of nitrogen functional groups attached to an aromatic ring is 4. The summed E-state index contributed by atoms with van der Waals surface area (Å²) in [6.45, 7) is 0. The fourth-order valence-electron chi connectivity index (χ4n) is 12.0. The summed E-state index contributed by atoms with van der Waals surface area (Å²) >= 11 is 0.